The molecule has 20 nitrogen and oxygen atoms in total. The van der Waals surface area contributed by atoms with E-state index in [0.29, 0.717) is 99.9 Å². The first-order chi connectivity index (χ1) is 57.8. The number of benzene rings is 7. The standard InChI is InChI=1S/C22H20BrCl2N3.C17H19BrClN3O2.C12H11BrClN3.C10H16BrNO3.C10H9ClO.C7H6BrClN2.C7H3BrClN.C4H10O/c23-15-3-6-19(25)18(11-15)22-26-20-7-8-28(12-21(20)27-22)17-5-2-13-1-4-16(24)9-14(13)10-17;1-17(2,3)24-16(23)22-7-6-13-14(9-22)21-15(20-13)11-8-10(18)4-5-12(11)19;13-7-1-2-9(14)8(5-7)12-16-10-3-4-15-6-11(10)17-12;1-10(2,3)15-9(14)12-5-4-8(13)7(11)6-12;11-9-3-1-7-2-4-10(12)6-8(7)5-9;8-4-1-2-6(9)5(3-4)7(10)11;8-6-1-2-7(9)5(3-6)4-10;1-3-5-4-2/h1,3-4,6,9,11,17H,2,5,7-8,10,12H2,(H,26,27);4-5,8H,6-7,9H2,1-3H3,(H,20,21);1-2,5,15H,3-4,6H2,(H,16,17);7H,4-6H2,1-3H3;1,3,5H,2,4,6H2;1-3H,(H3,10,11);1-3H;3-4H2,1-2H3. The summed E-state index contributed by atoms with van der Waals surface area (Å²) in [4.78, 5) is 76.1. The van der Waals surface area contributed by atoms with Gasteiger partial charge in [0.05, 0.1) is 76.2 Å². The first-order valence-electron chi connectivity index (χ1n) is 39.3. The van der Waals surface area contributed by atoms with Crippen molar-refractivity contribution in [2.75, 3.05) is 45.9 Å². The summed E-state index contributed by atoms with van der Waals surface area (Å²) in [5.41, 5.74) is 19.9. The van der Waals surface area contributed by atoms with Gasteiger partial charge in [0.15, 0.2) is 0 Å². The fourth-order valence-corrected chi connectivity index (χ4v) is 17.2. The molecule has 2 amide bonds. The number of carbonyl (C=O) groups is 4. The molecule has 33 heteroatoms. The molecule has 3 aromatic heterocycles. The number of Topliss-reactive ketones (excluding diaryl/α,β-unsaturated/α-hetero) is 2. The topological polar surface area (TPSA) is 277 Å². The number of H-pyrrole nitrogens is 3. The number of rotatable bonds is 7. The minimum atomic E-state index is -0.500. The molecule has 7 N–H and O–H groups in total. The van der Waals surface area contributed by atoms with Gasteiger partial charge in [-0.05, 0) is 219 Å². The van der Waals surface area contributed by atoms with Crippen LogP contribution in [0.2, 0.25) is 35.2 Å². The van der Waals surface area contributed by atoms with Gasteiger partial charge >= 0.3 is 12.2 Å². The van der Waals surface area contributed by atoms with Crippen LogP contribution in [0.3, 0.4) is 0 Å². The molecule has 2 unspecified atom stereocenters. The highest BCUT2D eigenvalue weighted by Gasteiger charge is 2.33. The van der Waals surface area contributed by atoms with E-state index in [-0.39, 0.29) is 28.6 Å². The van der Waals surface area contributed by atoms with Crippen LogP contribution >= 0.6 is 177 Å². The molecule has 122 heavy (non-hydrogen) atoms. The minimum Gasteiger partial charge on any atom is -0.444 e. The summed E-state index contributed by atoms with van der Waals surface area (Å²) in [6, 6.07) is 42.3. The fourth-order valence-electron chi connectivity index (χ4n) is 13.4. The number of ether oxygens (including phenoxy) is 3. The van der Waals surface area contributed by atoms with E-state index < -0.39 is 11.2 Å². The summed E-state index contributed by atoms with van der Waals surface area (Å²) in [6.45, 7) is 22.4. The summed E-state index contributed by atoms with van der Waals surface area (Å²) in [6.07, 6.45) is 7.91. The molecule has 2 aliphatic carbocycles. The van der Waals surface area contributed by atoms with Crippen molar-refractivity contribution in [3.8, 4) is 40.2 Å². The third-order valence-corrected chi connectivity index (χ3v) is 24.8. The molecule has 10 aromatic rings. The molecule has 0 spiro atoms. The van der Waals surface area contributed by atoms with Gasteiger partial charge in [-0.15, -0.1) is 0 Å². The molecule has 6 aliphatic rings. The maximum absolute atomic E-state index is 12.2. The molecule has 16 rings (SSSR count). The van der Waals surface area contributed by atoms with Crippen molar-refractivity contribution in [3.63, 3.8) is 0 Å². The number of fused-ring (bicyclic) bond motifs is 5. The van der Waals surface area contributed by atoms with E-state index in [4.69, 9.17) is 117 Å². The number of halogens is 13. The van der Waals surface area contributed by atoms with E-state index in [1.54, 1.807) is 46.2 Å². The van der Waals surface area contributed by atoms with E-state index in [9.17, 15) is 19.2 Å². The average Bonchev–Trinajstić information content (AvgIpc) is 1.65. The predicted octanol–water partition coefficient (Wildman–Crippen LogP) is 24.7. The number of ketones is 2. The highest BCUT2D eigenvalue weighted by Crippen LogP contribution is 2.37. The Morgan fingerprint density at radius 2 is 1.00 bits per heavy atom. The van der Waals surface area contributed by atoms with Crippen molar-refractivity contribution in [1.82, 2.24) is 49.9 Å². The molecule has 0 saturated carbocycles. The zero-order valence-corrected chi connectivity index (χ0v) is 83.2. The number of carbonyl (C=O) groups excluding carboxylic acids is 4. The van der Waals surface area contributed by atoms with Crippen LogP contribution in [0.25, 0.3) is 34.2 Å². The van der Waals surface area contributed by atoms with E-state index in [0.717, 1.165) is 161 Å². The van der Waals surface area contributed by atoms with Crippen molar-refractivity contribution >= 4 is 206 Å². The Kier molecular flexibility index (Phi) is 38.4. The second-order valence-corrected chi connectivity index (χ2v) is 39.4. The highest BCUT2D eigenvalue weighted by atomic mass is 79.9. The Balaban J connectivity index is 0.000000165. The Morgan fingerprint density at radius 1 is 0.541 bits per heavy atom. The molecule has 2 atom stereocenters. The molecule has 7 heterocycles. The van der Waals surface area contributed by atoms with E-state index in [1.807, 2.05) is 140 Å². The molecule has 0 bridgehead atoms. The second-order valence-electron chi connectivity index (χ2n) is 30.8. The van der Waals surface area contributed by atoms with Gasteiger partial charge < -0.3 is 50.0 Å². The Labute approximate surface area is 798 Å². The number of hydrogen-bond acceptors (Lipinski definition) is 14. The maximum Gasteiger partial charge on any atom is 0.410 e. The minimum absolute atomic E-state index is 0.0173. The Hall–Kier alpha value is -6.20. The third kappa shape index (κ3) is 30.2. The second kappa shape index (κ2) is 47.0. The number of piperidine rings is 1. The van der Waals surface area contributed by atoms with E-state index in [2.05, 4.69) is 143 Å². The number of nitrogens with one attached hydrogen (secondary N) is 5. The Bertz CT molecular complexity index is 5380. The largest absolute Gasteiger partial charge is 0.444 e. The number of aromatic amines is 3. The molecular formula is C89H94Br6Cl7N13O7. The molecule has 1 fully saturated rings. The summed E-state index contributed by atoms with van der Waals surface area (Å²) < 4.78 is 20.2. The number of alkyl halides is 1. The third-order valence-electron chi connectivity index (χ3n) is 19.4. The predicted molar refractivity (Wildman–Crippen MR) is 512 cm³/mol. The number of nitrogen functional groups attached to an aromatic ring is 1. The van der Waals surface area contributed by atoms with Gasteiger partial charge in [-0.1, -0.05) is 189 Å². The molecule has 7 aromatic carbocycles. The summed E-state index contributed by atoms with van der Waals surface area (Å²) in [5, 5.41) is 23.6. The zero-order valence-electron chi connectivity index (χ0n) is 68.4. The molecule has 0 radical (unpaired) electrons. The van der Waals surface area contributed by atoms with E-state index >= 15 is 0 Å². The first kappa shape index (κ1) is 99.6. The normalized spacial score (nSPS) is 15.6. The average molecular weight is 2190 g/mol. The van der Waals surface area contributed by atoms with Crippen LogP contribution in [0, 0.1) is 16.7 Å². The Morgan fingerprint density at radius 3 is 1.48 bits per heavy atom. The van der Waals surface area contributed by atoms with Gasteiger partial charge in [-0.3, -0.25) is 19.9 Å². The lowest BCUT2D eigenvalue weighted by Gasteiger charge is -2.37. The zero-order chi connectivity index (χ0) is 88.9. The van der Waals surface area contributed by atoms with Crippen molar-refractivity contribution in [1.29, 1.82) is 10.7 Å². The van der Waals surface area contributed by atoms with Crippen LogP contribution in [-0.4, -0.2) is 142 Å². The van der Waals surface area contributed by atoms with Gasteiger partial charge in [0, 0.05) is 158 Å². The van der Waals surface area contributed by atoms with Crippen LogP contribution in [-0.2, 0) is 88.4 Å². The van der Waals surface area contributed by atoms with Gasteiger partial charge in [0.25, 0.3) is 0 Å². The number of nitriles is 1. The van der Waals surface area contributed by atoms with Crippen LogP contribution in [0.1, 0.15) is 142 Å². The monoisotopic (exact) mass is 2180 g/mol. The number of nitrogens with zero attached hydrogens (tertiary/aromatic N) is 7. The number of aromatic nitrogens is 6. The molecule has 1 saturated heterocycles. The van der Waals surface area contributed by atoms with E-state index in [1.165, 1.54) is 40.2 Å². The lowest BCUT2D eigenvalue weighted by atomic mass is 9.87. The lowest BCUT2D eigenvalue weighted by molar-refractivity contribution is -0.120. The van der Waals surface area contributed by atoms with Crippen molar-refractivity contribution < 1.29 is 33.4 Å². The number of amidine groups is 1. The number of imidazole rings is 3. The molecule has 648 valence electrons. The summed E-state index contributed by atoms with van der Waals surface area (Å²) in [7, 11) is 0. The van der Waals surface area contributed by atoms with Crippen LogP contribution < -0.4 is 11.1 Å². The lowest BCUT2D eigenvalue weighted by Crippen LogP contribution is -2.46. The summed E-state index contributed by atoms with van der Waals surface area (Å²) in [5.74, 6) is 2.89. The number of nitrogens with two attached hydrogens (primary N) is 1. The molecule has 4 aliphatic heterocycles. The quantitative estimate of drug-likeness (QED) is 0.0492. The van der Waals surface area contributed by atoms with Crippen LogP contribution in [0.15, 0.2) is 150 Å². The number of aryl methyl sites for hydroxylation is 2. The van der Waals surface area contributed by atoms with Gasteiger partial charge in [-0.25, -0.2) is 24.5 Å². The number of hydrogen-bond donors (Lipinski definition) is 6. The van der Waals surface area contributed by atoms with Crippen LogP contribution in [0.5, 0.6) is 0 Å². The SMILES string of the molecule is CC(C)(C)OC(=O)N1CCC(=O)C(Br)C1.CC(C)(C)OC(=O)N1CCc2nc(-c3cc(Br)ccc3Cl)[nH]c2C1.CCOCC.Clc1ccc(Br)cc1-c1nc2c([nH]1)CNCC2.Clc1ccc2c(c1)CC(N1CCc3nc(-c4cc(Br)ccc4Cl)[nH]c3C1)CC2.N#Cc1cc(Br)ccc1Cl.N=C(N)c1cc(Br)ccc1Cl.O=C1CCc2ccc(Cl)cc2C1. The first-order valence-corrected chi connectivity index (χ1v) is 46.8. The van der Waals surface area contributed by atoms with Gasteiger partial charge in [-0.2, -0.15) is 5.26 Å². The van der Waals surface area contributed by atoms with Crippen molar-refractivity contribution in [3.05, 3.63) is 252 Å². The van der Waals surface area contributed by atoms with Crippen molar-refractivity contribution in [2.24, 2.45) is 5.73 Å². The summed E-state index contributed by atoms with van der Waals surface area (Å²) >= 11 is 62.5. The highest BCUT2D eigenvalue weighted by molar-refractivity contribution is 9.11. The van der Waals surface area contributed by atoms with Crippen molar-refractivity contribution in [2.45, 2.75) is 161 Å². The van der Waals surface area contributed by atoms with Crippen LogP contribution in [0.4, 0.5) is 9.59 Å². The fraction of sp³-hybridized carbons (Fsp3) is 0.360. The van der Waals surface area contributed by atoms with Gasteiger partial charge in [0.1, 0.15) is 52.1 Å². The number of likely N-dealkylation sites (tertiary alicyclic amines) is 1. The smallest absolute Gasteiger partial charge is 0.410 e. The number of amides is 2. The maximum atomic E-state index is 12.2. The molecular weight excluding hydrogens is 2090 g/mol. The van der Waals surface area contributed by atoms with Gasteiger partial charge in [0.2, 0.25) is 0 Å².